The van der Waals surface area contributed by atoms with Crippen molar-refractivity contribution < 1.29 is 9.50 Å². The predicted molar refractivity (Wildman–Crippen MR) is 72.0 cm³/mol. The Morgan fingerprint density at radius 3 is 2.87 bits per heavy atom. The van der Waals surface area contributed by atoms with E-state index in [9.17, 15) is 9.50 Å². The van der Waals surface area contributed by atoms with Crippen molar-refractivity contribution in [2.75, 3.05) is 17.7 Å². The summed E-state index contributed by atoms with van der Waals surface area (Å²) >= 11 is 10.7. The van der Waals surface area contributed by atoms with Gasteiger partial charge in [-0.2, -0.15) is 0 Å². The lowest BCUT2D eigenvalue weighted by atomic mass is 10.3. The fourth-order valence-corrected chi connectivity index (χ4v) is 2.43. The highest BCUT2D eigenvalue weighted by molar-refractivity contribution is 14.1. The maximum atomic E-state index is 13.2. The number of rotatable bonds is 4. The van der Waals surface area contributed by atoms with Crippen molar-refractivity contribution in [3.05, 3.63) is 26.0 Å². The van der Waals surface area contributed by atoms with Crippen molar-refractivity contribution in [1.82, 2.24) is 0 Å². The number of halogens is 4. The van der Waals surface area contributed by atoms with Gasteiger partial charge in [-0.25, -0.2) is 4.39 Å². The number of benzene rings is 1. The summed E-state index contributed by atoms with van der Waals surface area (Å²) in [7, 11) is 0. The highest BCUT2D eigenvalue weighted by Gasteiger charge is 2.07. The highest BCUT2D eigenvalue weighted by Crippen LogP contribution is 2.26. The summed E-state index contributed by atoms with van der Waals surface area (Å²) < 4.78 is 14.5. The molecule has 0 aliphatic carbocycles. The van der Waals surface area contributed by atoms with E-state index in [1.54, 1.807) is 6.07 Å². The molecule has 0 fully saturated rings. The van der Waals surface area contributed by atoms with Crippen molar-refractivity contribution in [1.29, 1.82) is 0 Å². The van der Waals surface area contributed by atoms with Crippen LogP contribution in [-0.4, -0.2) is 23.6 Å². The largest absolute Gasteiger partial charge is 0.390 e. The number of aliphatic hydroxyl groups excluding tert-OH is 1. The first-order chi connectivity index (χ1) is 7.04. The molecule has 0 aliphatic heterocycles. The van der Waals surface area contributed by atoms with Crippen LogP contribution in [0.4, 0.5) is 10.1 Å². The minimum atomic E-state index is -0.638. The minimum Gasteiger partial charge on any atom is -0.390 e. The number of hydrogen-bond donors (Lipinski definition) is 2. The van der Waals surface area contributed by atoms with Gasteiger partial charge < -0.3 is 10.4 Å². The first-order valence-electron chi connectivity index (χ1n) is 4.17. The second-order valence-corrected chi connectivity index (χ2v) is 5.26. The quantitative estimate of drug-likeness (QED) is 0.456. The third kappa shape index (κ3) is 4.05. The molecule has 0 spiro atoms. The Morgan fingerprint density at radius 1 is 1.60 bits per heavy atom. The van der Waals surface area contributed by atoms with Crippen LogP contribution in [0.25, 0.3) is 0 Å². The summed E-state index contributed by atoms with van der Waals surface area (Å²) in [6.07, 6.45) is -0.638. The molecule has 0 saturated heterocycles. The molecular formula is C9H9BrClFINO. The Morgan fingerprint density at radius 2 is 2.27 bits per heavy atom. The molecule has 0 bridgehead atoms. The summed E-state index contributed by atoms with van der Waals surface area (Å²) in [4.78, 5) is 0. The Bertz CT molecular complexity index is 353. The summed E-state index contributed by atoms with van der Waals surface area (Å²) in [6, 6.07) is 3.05. The molecule has 0 heterocycles. The van der Waals surface area contributed by atoms with Gasteiger partial charge >= 0.3 is 0 Å². The lowest BCUT2D eigenvalue weighted by Gasteiger charge is -2.12. The zero-order chi connectivity index (χ0) is 11.4. The summed E-state index contributed by atoms with van der Waals surface area (Å²) in [6.45, 7) is 0.294. The van der Waals surface area contributed by atoms with Gasteiger partial charge in [0.05, 0.1) is 21.2 Å². The number of anilines is 1. The third-order valence-electron chi connectivity index (χ3n) is 1.72. The molecule has 2 N–H and O–H groups in total. The van der Waals surface area contributed by atoms with E-state index >= 15 is 0 Å². The Balaban J connectivity index is 2.73. The number of hydrogen-bond acceptors (Lipinski definition) is 2. The zero-order valence-electron chi connectivity index (χ0n) is 7.61. The van der Waals surface area contributed by atoms with Crippen LogP contribution < -0.4 is 5.32 Å². The molecule has 0 saturated carbocycles. The Labute approximate surface area is 114 Å². The van der Waals surface area contributed by atoms with Gasteiger partial charge in [-0.3, -0.25) is 0 Å². The molecule has 0 aliphatic rings. The van der Waals surface area contributed by atoms with Crippen molar-refractivity contribution >= 4 is 55.8 Å². The SMILES string of the molecule is OC(CCl)CNc1cc(F)c(I)cc1Br. The van der Waals surface area contributed by atoms with Crippen molar-refractivity contribution in [2.45, 2.75) is 6.10 Å². The molecule has 0 amide bonds. The fourth-order valence-electron chi connectivity index (χ4n) is 0.940. The summed E-state index contributed by atoms with van der Waals surface area (Å²) in [5, 5.41) is 12.1. The van der Waals surface area contributed by atoms with Crippen molar-refractivity contribution in [3.8, 4) is 0 Å². The van der Waals surface area contributed by atoms with E-state index in [-0.39, 0.29) is 11.7 Å². The van der Waals surface area contributed by atoms with E-state index in [0.717, 1.165) is 4.47 Å². The van der Waals surface area contributed by atoms with Crippen LogP contribution in [0.3, 0.4) is 0 Å². The van der Waals surface area contributed by atoms with E-state index in [1.165, 1.54) is 6.07 Å². The smallest absolute Gasteiger partial charge is 0.138 e. The van der Waals surface area contributed by atoms with Gasteiger partial charge in [-0.05, 0) is 50.7 Å². The van der Waals surface area contributed by atoms with Gasteiger partial charge in [0.25, 0.3) is 0 Å². The molecule has 1 aromatic rings. The van der Waals surface area contributed by atoms with Gasteiger partial charge in [0.15, 0.2) is 0 Å². The number of nitrogens with one attached hydrogen (secondary N) is 1. The minimum absolute atomic E-state index is 0.150. The normalized spacial score (nSPS) is 12.6. The van der Waals surface area contributed by atoms with E-state index in [2.05, 4.69) is 21.2 Å². The van der Waals surface area contributed by atoms with Gasteiger partial charge in [-0.1, -0.05) is 0 Å². The van der Waals surface area contributed by atoms with Crippen molar-refractivity contribution in [2.24, 2.45) is 0 Å². The zero-order valence-corrected chi connectivity index (χ0v) is 12.1. The second kappa shape index (κ2) is 6.22. The summed E-state index contributed by atoms with van der Waals surface area (Å²) in [5.74, 6) is -0.140. The molecule has 15 heavy (non-hydrogen) atoms. The summed E-state index contributed by atoms with van der Waals surface area (Å²) in [5.41, 5.74) is 0.608. The molecule has 1 rings (SSSR count). The highest BCUT2D eigenvalue weighted by atomic mass is 127. The van der Waals surface area contributed by atoms with Crippen LogP contribution in [0, 0.1) is 9.39 Å². The van der Waals surface area contributed by atoms with Crippen LogP contribution in [0.2, 0.25) is 0 Å². The van der Waals surface area contributed by atoms with Gasteiger partial charge in [0.2, 0.25) is 0 Å². The first-order valence-corrected chi connectivity index (χ1v) is 6.57. The fraction of sp³-hybridized carbons (Fsp3) is 0.333. The third-order valence-corrected chi connectivity index (χ3v) is 3.56. The van der Waals surface area contributed by atoms with Gasteiger partial charge in [0.1, 0.15) is 5.82 Å². The Hall–Kier alpha value is 0.410. The van der Waals surface area contributed by atoms with Crippen LogP contribution in [-0.2, 0) is 0 Å². The first kappa shape index (κ1) is 13.5. The maximum Gasteiger partial charge on any atom is 0.138 e. The van der Waals surface area contributed by atoms with Gasteiger partial charge in [-0.15, -0.1) is 11.6 Å². The standard InChI is InChI=1S/C9H9BrClFINO/c10-6-1-8(13)7(12)2-9(6)14-4-5(15)3-11/h1-2,5,14-15H,3-4H2. The molecule has 6 heteroatoms. The number of aliphatic hydroxyl groups is 1. The molecule has 84 valence electrons. The molecule has 2 nitrogen and oxygen atoms in total. The molecule has 1 atom stereocenters. The van der Waals surface area contributed by atoms with Gasteiger partial charge in [0, 0.05) is 11.0 Å². The van der Waals surface area contributed by atoms with Crippen LogP contribution in [0.5, 0.6) is 0 Å². The van der Waals surface area contributed by atoms with Crippen LogP contribution in [0.15, 0.2) is 16.6 Å². The van der Waals surface area contributed by atoms with Crippen molar-refractivity contribution in [3.63, 3.8) is 0 Å². The van der Waals surface area contributed by atoms with E-state index in [4.69, 9.17) is 11.6 Å². The average Bonchev–Trinajstić information content (AvgIpc) is 2.21. The molecular weight excluding hydrogens is 399 g/mol. The average molecular weight is 408 g/mol. The van der Waals surface area contributed by atoms with E-state index < -0.39 is 6.10 Å². The molecule has 1 unspecified atom stereocenters. The predicted octanol–water partition coefficient (Wildman–Crippen LogP) is 3.20. The maximum absolute atomic E-state index is 13.2. The van der Waals surface area contributed by atoms with E-state index in [1.807, 2.05) is 22.6 Å². The number of alkyl halides is 1. The molecule has 0 aromatic heterocycles. The monoisotopic (exact) mass is 407 g/mol. The molecule has 0 radical (unpaired) electrons. The molecule has 1 aromatic carbocycles. The Kier molecular flexibility index (Phi) is 5.59. The second-order valence-electron chi connectivity index (χ2n) is 2.94. The topological polar surface area (TPSA) is 32.3 Å². The lowest BCUT2D eigenvalue weighted by Crippen LogP contribution is -2.21. The van der Waals surface area contributed by atoms with Crippen LogP contribution in [0.1, 0.15) is 0 Å². The van der Waals surface area contributed by atoms with E-state index in [0.29, 0.717) is 15.8 Å². The van der Waals surface area contributed by atoms with Crippen LogP contribution >= 0.6 is 50.1 Å². The lowest BCUT2D eigenvalue weighted by molar-refractivity contribution is 0.211.